The van der Waals surface area contributed by atoms with E-state index in [1.165, 1.54) is 0 Å². The van der Waals surface area contributed by atoms with Crippen LogP contribution in [0.5, 0.6) is 5.75 Å². The Bertz CT molecular complexity index is 572. The molecule has 1 nitrogen and oxygen atoms in total. The Morgan fingerprint density at radius 2 is 1.89 bits per heavy atom. The number of benzene rings is 2. The Labute approximate surface area is 129 Å². The second-order valence-electron chi connectivity index (χ2n) is 4.13. The van der Waals surface area contributed by atoms with E-state index in [9.17, 15) is 4.39 Å². The number of methoxy groups -OCH3 is 1. The van der Waals surface area contributed by atoms with E-state index in [4.69, 9.17) is 4.74 Å². The Morgan fingerprint density at radius 1 is 1.16 bits per heavy atom. The Kier molecular flexibility index (Phi) is 4.99. The molecule has 0 saturated carbocycles. The third kappa shape index (κ3) is 3.37. The summed E-state index contributed by atoms with van der Waals surface area (Å²) in [5, 5.41) is 0. The first-order chi connectivity index (χ1) is 9.13. The zero-order valence-corrected chi connectivity index (χ0v) is 13.5. The lowest BCUT2D eigenvalue weighted by atomic mass is 10.0. The number of alkyl halides is 1. The zero-order valence-electron chi connectivity index (χ0n) is 10.4. The summed E-state index contributed by atoms with van der Waals surface area (Å²) in [6.07, 6.45) is 0.664. The molecule has 19 heavy (non-hydrogen) atoms. The van der Waals surface area contributed by atoms with Crippen LogP contribution < -0.4 is 4.74 Å². The number of hydrogen-bond donors (Lipinski definition) is 0. The summed E-state index contributed by atoms with van der Waals surface area (Å²) >= 11 is 6.76. The maximum absolute atomic E-state index is 14.0. The van der Waals surface area contributed by atoms with Crippen LogP contribution in [-0.4, -0.2) is 7.11 Å². The standard InChI is InChI=1S/C15H13Br2FO/c1-19-14-8-3-2-5-10(14)9-13(17)11-6-4-7-12(16)15(11)18/h2-8,13H,9H2,1H3. The molecule has 100 valence electrons. The van der Waals surface area contributed by atoms with Gasteiger partial charge in [-0.05, 0) is 40.0 Å². The van der Waals surface area contributed by atoms with E-state index < -0.39 is 0 Å². The average molecular weight is 388 g/mol. The summed E-state index contributed by atoms with van der Waals surface area (Å²) in [6, 6.07) is 13.1. The minimum atomic E-state index is -0.223. The van der Waals surface area contributed by atoms with Crippen molar-refractivity contribution in [2.24, 2.45) is 0 Å². The van der Waals surface area contributed by atoms with E-state index in [0.29, 0.717) is 16.5 Å². The molecule has 0 saturated heterocycles. The molecule has 1 atom stereocenters. The Balaban J connectivity index is 2.26. The van der Waals surface area contributed by atoms with Crippen molar-refractivity contribution >= 4 is 31.9 Å². The van der Waals surface area contributed by atoms with Gasteiger partial charge in [0.05, 0.1) is 11.6 Å². The highest BCUT2D eigenvalue weighted by atomic mass is 79.9. The van der Waals surface area contributed by atoms with Crippen molar-refractivity contribution in [3.8, 4) is 5.75 Å². The van der Waals surface area contributed by atoms with Crippen molar-refractivity contribution in [2.75, 3.05) is 7.11 Å². The van der Waals surface area contributed by atoms with Gasteiger partial charge in [0.25, 0.3) is 0 Å². The third-order valence-electron chi connectivity index (χ3n) is 2.91. The first-order valence-electron chi connectivity index (χ1n) is 5.83. The molecule has 2 aromatic rings. The molecule has 0 aliphatic carbocycles. The van der Waals surface area contributed by atoms with Gasteiger partial charge in [0.2, 0.25) is 0 Å². The first kappa shape index (κ1) is 14.5. The SMILES string of the molecule is COc1ccccc1CC(Br)c1cccc(Br)c1F. The van der Waals surface area contributed by atoms with Crippen molar-refractivity contribution in [2.45, 2.75) is 11.2 Å². The van der Waals surface area contributed by atoms with Crippen molar-refractivity contribution in [3.63, 3.8) is 0 Å². The van der Waals surface area contributed by atoms with Gasteiger partial charge < -0.3 is 4.74 Å². The quantitative estimate of drug-likeness (QED) is 0.649. The van der Waals surface area contributed by atoms with Gasteiger partial charge in [-0.25, -0.2) is 4.39 Å². The van der Waals surface area contributed by atoms with Gasteiger partial charge >= 0.3 is 0 Å². The van der Waals surface area contributed by atoms with Crippen LogP contribution in [0.15, 0.2) is 46.9 Å². The molecule has 0 fully saturated rings. The van der Waals surface area contributed by atoms with Crippen molar-refractivity contribution in [1.82, 2.24) is 0 Å². The van der Waals surface area contributed by atoms with Crippen molar-refractivity contribution < 1.29 is 9.13 Å². The minimum Gasteiger partial charge on any atom is -0.496 e. The molecular formula is C15H13Br2FO. The van der Waals surface area contributed by atoms with Gasteiger partial charge in [-0.3, -0.25) is 0 Å². The number of ether oxygens (including phenoxy) is 1. The molecular weight excluding hydrogens is 375 g/mol. The predicted molar refractivity (Wildman–Crippen MR) is 82.5 cm³/mol. The van der Waals surface area contributed by atoms with E-state index in [1.54, 1.807) is 19.2 Å². The lowest BCUT2D eigenvalue weighted by Gasteiger charge is -2.14. The highest BCUT2D eigenvalue weighted by molar-refractivity contribution is 9.10. The van der Waals surface area contributed by atoms with Crippen LogP contribution >= 0.6 is 31.9 Å². The topological polar surface area (TPSA) is 9.23 Å². The summed E-state index contributed by atoms with van der Waals surface area (Å²) in [5.74, 6) is 0.599. The number of rotatable bonds is 4. The molecule has 1 unspecified atom stereocenters. The average Bonchev–Trinajstić information content (AvgIpc) is 2.42. The smallest absolute Gasteiger partial charge is 0.141 e. The summed E-state index contributed by atoms with van der Waals surface area (Å²) in [4.78, 5) is -0.0960. The molecule has 0 spiro atoms. The van der Waals surface area contributed by atoms with Crippen LogP contribution in [0.1, 0.15) is 16.0 Å². The van der Waals surface area contributed by atoms with Crippen LogP contribution in [0.25, 0.3) is 0 Å². The lowest BCUT2D eigenvalue weighted by molar-refractivity contribution is 0.409. The number of halogens is 3. The third-order valence-corrected chi connectivity index (χ3v) is 4.34. The van der Waals surface area contributed by atoms with Gasteiger partial charge in [-0.15, -0.1) is 0 Å². The summed E-state index contributed by atoms with van der Waals surface area (Å²) in [7, 11) is 1.64. The molecule has 4 heteroatoms. The molecule has 0 radical (unpaired) electrons. The molecule has 0 amide bonds. The maximum atomic E-state index is 14.0. The van der Waals surface area contributed by atoms with E-state index in [2.05, 4.69) is 31.9 Å². The Hall–Kier alpha value is -0.870. The fraction of sp³-hybridized carbons (Fsp3) is 0.200. The molecule has 0 heterocycles. The Morgan fingerprint density at radius 3 is 2.63 bits per heavy atom. The maximum Gasteiger partial charge on any atom is 0.141 e. The fourth-order valence-corrected chi connectivity index (χ4v) is 3.02. The molecule has 0 bridgehead atoms. The van der Waals surface area contributed by atoms with Gasteiger partial charge in [-0.2, -0.15) is 0 Å². The monoisotopic (exact) mass is 386 g/mol. The lowest BCUT2D eigenvalue weighted by Crippen LogP contribution is -2.01. The zero-order chi connectivity index (χ0) is 13.8. The minimum absolute atomic E-state index is 0.0960. The van der Waals surface area contributed by atoms with E-state index in [1.807, 2.05) is 30.3 Å². The molecule has 0 aliphatic heterocycles. The fourth-order valence-electron chi connectivity index (χ4n) is 1.94. The van der Waals surface area contributed by atoms with Crippen LogP contribution in [0, 0.1) is 5.82 Å². The highest BCUT2D eigenvalue weighted by Gasteiger charge is 2.16. The van der Waals surface area contributed by atoms with Gasteiger partial charge in [-0.1, -0.05) is 46.3 Å². The van der Waals surface area contributed by atoms with Gasteiger partial charge in [0, 0.05) is 10.4 Å². The molecule has 0 aliphatic rings. The molecule has 0 aromatic heterocycles. The largest absolute Gasteiger partial charge is 0.496 e. The van der Waals surface area contributed by atoms with Crippen LogP contribution in [0.4, 0.5) is 4.39 Å². The van der Waals surface area contributed by atoms with Gasteiger partial charge in [0.1, 0.15) is 11.6 Å². The summed E-state index contributed by atoms with van der Waals surface area (Å²) < 4.78 is 19.8. The number of para-hydroxylation sites is 1. The molecule has 0 N–H and O–H groups in total. The second-order valence-corrected chi connectivity index (χ2v) is 6.09. The first-order valence-corrected chi connectivity index (χ1v) is 7.54. The molecule has 2 rings (SSSR count). The van der Waals surface area contributed by atoms with Crippen molar-refractivity contribution in [3.05, 3.63) is 63.9 Å². The van der Waals surface area contributed by atoms with E-state index in [-0.39, 0.29) is 10.6 Å². The molecule has 2 aromatic carbocycles. The number of hydrogen-bond acceptors (Lipinski definition) is 1. The normalized spacial score (nSPS) is 12.2. The van der Waals surface area contributed by atoms with E-state index in [0.717, 1.165) is 11.3 Å². The van der Waals surface area contributed by atoms with Crippen LogP contribution in [0.3, 0.4) is 0 Å². The second kappa shape index (κ2) is 6.53. The summed E-state index contributed by atoms with van der Waals surface area (Å²) in [6.45, 7) is 0. The highest BCUT2D eigenvalue weighted by Crippen LogP contribution is 2.34. The van der Waals surface area contributed by atoms with Crippen molar-refractivity contribution in [1.29, 1.82) is 0 Å². The van der Waals surface area contributed by atoms with E-state index >= 15 is 0 Å². The summed E-state index contributed by atoms with van der Waals surface area (Å²) in [5.41, 5.74) is 1.69. The van der Waals surface area contributed by atoms with Crippen LogP contribution in [0.2, 0.25) is 0 Å². The van der Waals surface area contributed by atoms with Gasteiger partial charge in [0.15, 0.2) is 0 Å². The van der Waals surface area contributed by atoms with Crippen LogP contribution in [-0.2, 0) is 6.42 Å². The predicted octanol–water partition coefficient (Wildman–Crippen LogP) is 5.28.